The lowest BCUT2D eigenvalue weighted by Crippen LogP contribution is -2.35. The Hall–Kier alpha value is -2.77. The summed E-state index contributed by atoms with van der Waals surface area (Å²) in [7, 11) is 0. The van der Waals surface area contributed by atoms with Gasteiger partial charge >= 0.3 is 0 Å². The number of nitrogens with one attached hydrogen (secondary N) is 2. The lowest BCUT2D eigenvalue weighted by atomic mass is 10.2. The zero-order chi connectivity index (χ0) is 19.8. The number of anilines is 2. The number of carbonyl (C=O) groups excluding carboxylic acids is 2. The van der Waals surface area contributed by atoms with Gasteiger partial charge in [0.15, 0.2) is 0 Å². The molecule has 1 heterocycles. The van der Waals surface area contributed by atoms with Crippen molar-refractivity contribution in [2.45, 2.75) is 19.4 Å². The number of rotatable bonds is 7. The van der Waals surface area contributed by atoms with Gasteiger partial charge in [0.2, 0.25) is 11.8 Å². The molecule has 7 heteroatoms. The van der Waals surface area contributed by atoms with Crippen molar-refractivity contribution in [3.8, 4) is 0 Å². The Bertz CT molecular complexity index is 788. The van der Waals surface area contributed by atoms with Gasteiger partial charge in [-0.05, 0) is 42.0 Å². The van der Waals surface area contributed by atoms with Crippen molar-refractivity contribution in [3.63, 3.8) is 0 Å². The molecule has 0 bridgehead atoms. The van der Waals surface area contributed by atoms with E-state index < -0.39 is 0 Å². The maximum absolute atomic E-state index is 12.9. The van der Waals surface area contributed by atoms with Gasteiger partial charge in [0.05, 0.1) is 13.2 Å². The van der Waals surface area contributed by atoms with Crippen molar-refractivity contribution < 1.29 is 18.7 Å². The number of morpholine rings is 1. The van der Waals surface area contributed by atoms with Gasteiger partial charge in [-0.15, -0.1) is 0 Å². The third kappa shape index (κ3) is 6.44. The molecular weight excluding hydrogens is 361 g/mol. The molecule has 6 nitrogen and oxygen atoms in total. The number of halogens is 1. The topological polar surface area (TPSA) is 70.7 Å². The molecule has 3 rings (SSSR count). The van der Waals surface area contributed by atoms with Crippen LogP contribution in [-0.4, -0.2) is 43.0 Å². The summed E-state index contributed by atoms with van der Waals surface area (Å²) in [6, 6.07) is 13.2. The van der Waals surface area contributed by atoms with Gasteiger partial charge in [-0.2, -0.15) is 0 Å². The Kier molecular flexibility index (Phi) is 7.11. The van der Waals surface area contributed by atoms with E-state index in [9.17, 15) is 14.0 Å². The van der Waals surface area contributed by atoms with E-state index in [2.05, 4.69) is 15.5 Å². The standard InChI is InChI=1S/C21H24FN3O3/c22-17-3-7-19(8-4-17)24-21(27)10-9-20(26)23-18-5-1-16(2-6-18)15-25-11-13-28-14-12-25/h1-8H,9-15H2,(H,23,26)(H,24,27). The smallest absolute Gasteiger partial charge is 0.224 e. The van der Waals surface area contributed by atoms with E-state index in [1.54, 1.807) is 0 Å². The van der Waals surface area contributed by atoms with Crippen molar-refractivity contribution in [1.29, 1.82) is 0 Å². The molecule has 0 aromatic heterocycles. The molecule has 0 aliphatic carbocycles. The first-order chi connectivity index (χ1) is 13.6. The zero-order valence-corrected chi connectivity index (χ0v) is 15.6. The Balaban J connectivity index is 1.40. The second-order valence-corrected chi connectivity index (χ2v) is 6.69. The monoisotopic (exact) mass is 385 g/mol. The van der Waals surface area contributed by atoms with E-state index in [-0.39, 0.29) is 30.5 Å². The van der Waals surface area contributed by atoms with Crippen molar-refractivity contribution in [2.75, 3.05) is 36.9 Å². The van der Waals surface area contributed by atoms with Crippen LogP contribution in [0.15, 0.2) is 48.5 Å². The molecule has 148 valence electrons. The van der Waals surface area contributed by atoms with Gasteiger partial charge in [-0.3, -0.25) is 14.5 Å². The Morgan fingerprint density at radius 2 is 1.36 bits per heavy atom. The first-order valence-electron chi connectivity index (χ1n) is 9.33. The zero-order valence-electron chi connectivity index (χ0n) is 15.6. The second kappa shape index (κ2) is 9.96. The van der Waals surface area contributed by atoms with Crippen molar-refractivity contribution in [2.24, 2.45) is 0 Å². The van der Waals surface area contributed by atoms with Gasteiger partial charge in [-0.25, -0.2) is 4.39 Å². The molecule has 2 aromatic carbocycles. The number of nitrogens with zero attached hydrogens (tertiary/aromatic N) is 1. The number of amides is 2. The maximum atomic E-state index is 12.9. The summed E-state index contributed by atoms with van der Waals surface area (Å²) >= 11 is 0. The number of ether oxygens (including phenoxy) is 1. The van der Waals surface area contributed by atoms with Gasteiger partial charge in [-0.1, -0.05) is 12.1 Å². The minimum Gasteiger partial charge on any atom is -0.379 e. The highest BCUT2D eigenvalue weighted by molar-refractivity contribution is 5.96. The van der Waals surface area contributed by atoms with Crippen molar-refractivity contribution in [1.82, 2.24) is 4.90 Å². The molecule has 1 saturated heterocycles. The molecule has 0 unspecified atom stereocenters. The highest BCUT2D eigenvalue weighted by Crippen LogP contribution is 2.13. The Morgan fingerprint density at radius 3 is 1.89 bits per heavy atom. The minimum atomic E-state index is -0.367. The highest BCUT2D eigenvalue weighted by atomic mass is 19.1. The molecule has 1 aliphatic rings. The summed E-state index contributed by atoms with van der Waals surface area (Å²) in [6.07, 6.45) is 0.126. The summed E-state index contributed by atoms with van der Waals surface area (Å²) in [5.74, 6) is -0.883. The number of hydrogen-bond acceptors (Lipinski definition) is 4. The fourth-order valence-corrected chi connectivity index (χ4v) is 2.92. The van der Waals surface area contributed by atoms with Crippen LogP contribution in [0.1, 0.15) is 18.4 Å². The summed E-state index contributed by atoms with van der Waals surface area (Å²) in [4.78, 5) is 26.3. The molecule has 1 aliphatic heterocycles. The van der Waals surface area contributed by atoms with Gasteiger partial charge in [0.25, 0.3) is 0 Å². The fraction of sp³-hybridized carbons (Fsp3) is 0.333. The van der Waals surface area contributed by atoms with Crippen LogP contribution in [0.2, 0.25) is 0 Å². The SMILES string of the molecule is O=C(CCC(=O)Nc1ccc(CN2CCOCC2)cc1)Nc1ccc(F)cc1. The Labute approximate surface area is 163 Å². The van der Waals surface area contributed by atoms with Crippen LogP contribution in [-0.2, 0) is 20.9 Å². The van der Waals surface area contributed by atoms with E-state index in [0.29, 0.717) is 11.4 Å². The van der Waals surface area contributed by atoms with Crippen LogP contribution in [0, 0.1) is 5.82 Å². The third-order valence-corrected chi connectivity index (χ3v) is 4.45. The molecule has 2 amide bonds. The molecule has 28 heavy (non-hydrogen) atoms. The predicted molar refractivity (Wildman–Crippen MR) is 105 cm³/mol. The first-order valence-corrected chi connectivity index (χ1v) is 9.33. The van der Waals surface area contributed by atoms with Crippen LogP contribution in [0.5, 0.6) is 0 Å². The van der Waals surface area contributed by atoms with Gasteiger partial charge in [0, 0.05) is 43.9 Å². The van der Waals surface area contributed by atoms with E-state index in [1.807, 2.05) is 24.3 Å². The molecule has 0 atom stereocenters. The quantitative estimate of drug-likeness (QED) is 0.769. The normalized spacial score (nSPS) is 14.5. The van der Waals surface area contributed by atoms with Crippen LogP contribution in [0.4, 0.5) is 15.8 Å². The minimum absolute atomic E-state index is 0.0539. The van der Waals surface area contributed by atoms with Crippen LogP contribution in [0.25, 0.3) is 0 Å². The van der Waals surface area contributed by atoms with Crippen molar-refractivity contribution in [3.05, 3.63) is 59.9 Å². The summed E-state index contributed by atoms with van der Waals surface area (Å²) in [6.45, 7) is 4.25. The average molecular weight is 385 g/mol. The van der Waals surface area contributed by atoms with Crippen LogP contribution >= 0.6 is 0 Å². The van der Waals surface area contributed by atoms with E-state index in [1.165, 1.54) is 29.8 Å². The third-order valence-electron chi connectivity index (χ3n) is 4.45. The fourth-order valence-electron chi connectivity index (χ4n) is 2.92. The highest BCUT2D eigenvalue weighted by Gasteiger charge is 2.11. The molecule has 0 radical (unpaired) electrons. The summed E-state index contributed by atoms with van der Waals surface area (Å²) in [5.41, 5.74) is 2.39. The van der Waals surface area contributed by atoms with Crippen LogP contribution < -0.4 is 10.6 Å². The maximum Gasteiger partial charge on any atom is 0.224 e. The molecular formula is C21H24FN3O3. The average Bonchev–Trinajstić information content (AvgIpc) is 2.70. The van der Waals surface area contributed by atoms with Crippen LogP contribution in [0.3, 0.4) is 0 Å². The number of hydrogen-bond donors (Lipinski definition) is 2. The summed E-state index contributed by atoms with van der Waals surface area (Å²) in [5, 5.41) is 5.43. The number of benzene rings is 2. The molecule has 1 fully saturated rings. The van der Waals surface area contributed by atoms with Gasteiger partial charge in [0.1, 0.15) is 5.82 Å². The molecule has 0 spiro atoms. The lowest BCUT2D eigenvalue weighted by Gasteiger charge is -2.26. The van der Waals surface area contributed by atoms with Crippen molar-refractivity contribution >= 4 is 23.2 Å². The van der Waals surface area contributed by atoms with E-state index >= 15 is 0 Å². The molecule has 2 N–H and O–H groups in total. The lowest BCUT2D eigenvalue weighted by molar-refractivity contribution is -0.121. The molecule has 0 saturated carbocycles. The van der Waals surface area contributed by atoms with E-state index in [4.69, 9.17) is 4.74 Å². The second-order valence-electron chi connectivity index (χ2n) is 6.69. The van der Waals surface area contributed by atoms with E-state index in [0.717, 1.165) is 32.8 Å². The summed E-state index contributed by atoms with van der Waals surface area (Å²) < 4.78 is 18.2. The first kappa shape index (κ1) is 20.0. The largest absolute Gasteiger partial charge is 0.379 e. The number of carbonyl (C=O) groups is 2. The predicted octanol–water partition coefficient (Wildman–Crippen LogP) is 3.02. The van der Waals surface area contributed by atoms with Gasteiger partial charge < -0.3 is 15.4 Å². The Morgan fingerprint density at radius 1 is 0.857 bits per heavy atom. The molecule has 2 aromatic rings.